The van der Waals surface area contributed by atoms with Gasteiger partial charge >= 0.3 is 6.03 Å². The van der Waals surface area contributed by atoms with Crippen LogP contribution in [-0.2, 0) is 21.3 Å². The van der Waals surface area contributed by atoms with Gasteiger partial charge < -0.3 is 19.9 Å². The minimum absolute atomic E-state index is 0.108. The number of nitrogens with one attached hydrogen (secondary N) is 3. The number of rotatable bonds is 8. The molecule has 0 saturated carbocycles. The Morgan fingerprint density at radius 1 is 1.34 bits per heavy atom. The fourth-order valence-electron chi connectivity index (χ4n) is 3.41. The normalized spacial score (nSPS) is 17.2. The van der Waals surface area contributed by atoms with Crippen molar-refractivity contribution in [2.75, 3.05) is 19.7 Å². The van der Waals surface area contributed by atoms with Crippen molar-refractivity contribution >= 4 is 27.1 Å². The second-order valence-electron chi connectivity index (χ2n) is 7.51. The Hall–Kier alpha value is -2.17. The molecule has 0 bridgehead atoms. The van der Waals surface area contributed by atoms with E-state index in [2.05, 4.69) is 20.3 Å². The molecule has 1 aliphatic heterocycles. The highest BCUT2D eigenvalue weighted by Crippen LogP contribution is 2.20. The van der Waals surface area contributed by atoms with Gasteiger partial charge in [0.25, 0.3) is 0 Å². The van der Waals surface area contributed by atoms with Crippen LogP contribution < -0.4 is 15.4 Å². The fourth-order valence-corrected chi connectivity index (χ4v) is 4.68. The molecule has 1 saturated heterocycles. The van der Waals surface area contributed by atoms with Crippen molar-refractivity contribution in [3.05, 3.63) is 24.0 Å². The lowest BCUT2D eigenvalue weighted by molar-refractivity contribution is 0.111. The molecule has 29 heavy (non-hydrogen) atoms. The molecule has 160 valence electrons. The van der Waals surface area contributed by atoms with Crippen molar-refractivity contribution in [3.8, 4) is 0 Å². The van der Waals surface area contributed by atoms with Crippen LogP contribution >= 0.6 is 0 Å². The number of ether oxygens (including phenoxy) is 1. The Balaban J connectivity index is 1.61. The fraction of sp³-hybridized carbons (Fsp3) is 0.579. The van der Waals surface area contributed by atoms with E-state index in [0.717, 1.165) is 30.8 Å². The van der Waals surface area contributed by atoms with Crippen molar-refractivity contribution < 1.29 is 17.9 Å². The molecule has 3 N–H and O–H groups in total. The zero-order chi connectivity index (χ0) is 21.0. The molecule has 1 aromatic carbocycles. The van der Waals surface area contributed by atoms with E-state index in [1.165, 1.54) is 0 Å². The largest absolute Gasteiger partial charge is 0.376 e. The third-order valence-electron chi connectivity index (χ3n) is 4.75. The molecule has 1 fully saturated rings. The van der Waals surface area contributed by atoms with E-state index in [4.69, 9.17) is 4.74 Å². The highest BCUT2D eigenvalue weighted by Gasteiger charge is 2.18. The van der Waals surface area contributed by atoms with Crippen LogP contribution in [0.4, 0.5) is 4.79 Å². The van der Waals surface area contributed by atoms with Gasteiger partial charge in [-0.05, 0) is 51.8 Å². The Bertz CT molecular complexity index is 964. The molecule has 2 aromatic rings. The first-order valence-electron chi connectivity index (χ1n) is 9.89. The number of hydrogen-bond donors (Lipinski definition) is 3. The van der Waals surface area contributed by atoms with Gasteiger partial charge in [-0.1, -0.05) is 0 Å². The molecule has 0 aliphatic carbocycles. The van der Waals surface area contributed by atoms with Crippen molar-refractivity contribution in [3.63, 3.8) is 0 Å². The van der Waals surface area contributed by atoms with Crippen molar-refractivity contribution in [1.29, 1.82) is 0 Å². The number of aromatic nitrogens is 2. The Labute approximate surface area is 171 Å². The molecule has 9 nitrogen and oxygen atoms in total. The summed E-state index contributed by atoms with van der Waals surface area (Å²) >= 11 is 0. The summed E-state index contributed by atoms with van der Waals surface area (Å²) < 4.78 is 34.8. The first-order valence-corrected chi connectivity index (χ1v) is 11.4. The number of fused-ring (bicyclic) bond motifs is 1. The molecular formula is C19H29N5O4S. The lowest BCUT2D eigenvalue weighted by Gasteiger charge is -2.13. The number of nitrogens with zero attached hydrogens (tertiary/aromatic N) is 2. The van der Waals surface area contributed by atoms with Gasteiger partial charge in [0, 0.05) is 32.3 Å². The van der Waals surface area contributed by atoms with Gasteiger partial charge in [-0.25, -0.2) is 22.9 Å². The summed E-state index contributed by atoms with van der Waals surface area (Å²) in [7, 11) is -3.57. The van der Waals surface area contributed by atoms with Crippen LogP contribution in [-0.4, -0.2) is 55.8 Å². The van der Waals surface area contributed by atoms with E-state index >= 15 is 0 Å². The maximum atomic E-state index is 12.4. The number of benzene rings is 1. The average molecular weight is 424 g/mol. The minimum Gasteiger partial charge on any atom is -0.376 e. The number of amides is 2. The Kier molecular flexibility index (Phi) is 6.76. The summed E-state index contributed by atoms with van der Waals surface area (Å²) in [5.74, 6) is 0.757. The molecular weight excluding hydrogens is 394 g/mol. The van der Waals surface area contributed by atoms with E-state index in [0.29, 0.717) is 25.2 Å². The maximum absolute atomic E-state index is 12.4. The maximum Gasteiger partial charge on any atom is 0.314 e. The molecule has 0 radical (unpaired) electrons. The molecule has 10 heteroatoms. The number of imidazole rings is 1. The zero-order valence-electron chi connectivity index (χ0n) is 17.1. The van der Waals surface area contributed by atoms with Gasteiger partial charge in [0.15, 0.2) is 0 Å². The van der Waals surface area contributed by atoms with E-state index in [1.54, 1.807) is 32.0 Å². The summed E-state index contributed by atoms with van der Waals surface area (Å²) in [6.45, 7) is 7.65. The quantitative estimate of drug-likeness (QED) is 0.595. The number of urea groups is 1. The first-order chi connectivity index (χ1) is 13.8. The molecule has 3 rings (SSSR count). The number of carbonyl (C=O) groups is 1. The highest BCUT2D eigenvalue weighted by molar-refractivity contribution is 7.89. The minimum atomic E-state index is -3.57. The van der Waals surface area contributed by atoms with Gasteiger partial charge in [-0.2, -0.15) is 0 Å². The molecule has 0 spiro atoms. The Morgan fingerprint density at radius 3 is 2.83 bits per heavy atom. The Morgan fingerprint density at radius 2 is 2.14 bits per heavy atom. The lowest BCUT2D eigenvalue weighted by atomic mass is 10.2. The monoisotopic (exact) mass is 423 g/mol. The van der Waals surface area contributed by atoms with Gasteiger partial charge in [-0.3, -0.25) is 0 Å². The zero-order valence-corrected chi connectivity index (χ0v) is 17.9. The van der Waals surface area contributed by atoms with Gasteiger partial charge in [-0.15, -0.1) is 0 Å². The summed E-state index contributed by atoms with van der Waals surface area (Å²) in [6.07, 6.45) is 2.12. The molecule has 1 aromatic heterocycles. The van der Waals surface area contributed by atoms with Crippen molar-refractivity contribution in [1.82, 2.24) is 24.9 Å². The summed E-state index contributed by atoms with van der Waals surface area (Å²) in [5, 5.41) is 5.66. The van der Waals surface area contributed by atoms with Crippen LogP contribution in [0, 0.1) is 6.92 Å². The van der Waals surface area contributed by atoms with Crippen LogP contribution in [0.3, 0.4) is 0 Å². The van der Waals surface area contributed by atoms with E-state index in [-0.39, 0.29) is 23.1 Å². The molecule has 2 heterocycles. The van der Waals surface area contributed by atoms with Crippen LogP contribution in [0.5, 0.6) is 0 Å². The third kappa shape index (κ3) is 5.46. The summed E-state index contributed by atoms with van der Waals surface area (Å²) in [6, 6.07) is 4.49. The van der Waals surface area contributed by atoms with Crippen LogP contribution in [0.25, 0.3) is 11.0 Å². The summed E-state index contributed by atoms with van der Waals surface area (Å²) in [5.41, 5.74) is 1.43. The van der Waals surface area contributed by atoms with Crippen LogP contribution in [0.15, 0.2) is 23.1 Å². The SMILES string of the molecule is Cc1nc2cc(S(=O)(=O)NC(C)C)ccc2n1CCNC(=O)NC[C@H]1CCCO1. The van der Waals surface area contributed by atoms with E-state index < -0.39 is 10.0 Å². The molecule has 1 atom stereocenters. The van der Waals surface area contributed by atoms with Crippen molar-refractivity contribution in [2.24, 2.45) is 0 Å². The van der Waals surface area contributed by atoms with Crippen LogP contribution in [0.2, 0.25) is 0 Å². The predicted octanol–water partition coefficient (Wildman–Crippen LogP) is 1.51. The molecule has 0 unspecified atom stereocenters. The van der Waals surface area contributed by atoms with Gasteiger partial charge in [0.1, 0.15) is 5.82 Å². The highest BCUT2D eigenvalue weighted by atomic mass is 32.2. The molecule has 2 amide bonds. The van der Waals surface area contributed by atoms with E-state index in [9.17, 15) is 13.2 Å². The molecule has 1 aliphatic rings. The van der Waals surface area contributed by atoms with Crippen LogP contribution in [0.1, 0.15) is 32.5 Å². The second kappa shape index (κ2) is 9.10. The topological polar surface area (TPSA) is 114 Å². The summed E-state index contributed by atoms with van der Waals surface area (Å²) in [4.78, 5) is 16.6. The second-order valence-corrected chi connectivity index (χ2v) is 9.22. The van der Waals surface area contributed by atoms with Gasteiger partial charge in [0.2, 0.25) is 10.0 Å². The standard InChI is InChI=1S/C19H29N5O4S/c1-13(2)23-29(26,27)16-6-7-18-17(11-16)22-14(3)24(18)9-8-20-19(25)21-12-15-5-4-10-28-15/h6-7,11,13,15,23H,4-5,8-10,12H2,1-3H3,(H2,20,21,25)/t15-/m1/s1. The van der Waals surface area contributed by atoms with Gasteiger partial charge in [0.05, 0.1) is 22.0 Å². The smallest absolute Gasteiger partial charge is 0.314 e. The number of hydrogen-bond acceptors (Lipinski definition) is 5. The predicted molar refractivity (Wildman–Crippen MR) is 110 cm³/mol. The average Bonchev–Trinajstić information content (AvgIpc) is 3.26. The number of carbonyl (C=O) groups excluding carboxylic acids is 1. The number of sulfonamides is 1. The third-order valence-corrected chi connectivity index (χ3v) is 6.40. The van der Waals surface area contributed by atoms with Crippen molar-refractivity contribution in [2.45, 2.75) is 57.2 Å². The lowest BCUT2D eigenvalue weighted by Crippen LogP contribution is -2.40. The number of aryl methyl sites for hydroxylation is 1. The van der Waals surface area contributed by atoms with E-state index in [1.807, 2.05) is 11.5 Å². The first kappa shape index (κ1) is 21.5.